The molecule has 0 saturated carbocycles. The molecule has 2 rings (SSSR count). The van der Waals surface area contributed by atoms with Crippen molar-refractivity contribution in [2.24, 2.45) is 5.92 Å². The normalized spacial score (nSPS) is 29.3. The Hall–Kier alpha value is -1.05. The molecule has 0 aromatic heterocycles. The Morgan fingerprint density at radius 3 is 2.93 bits per heavy atom. The monoisotopic (exact) mass is 206 g/mol. The lowest BCUT2D eigenvalue weighted by Gasteiger charge is -2.18. The van der Waals surface area contributed by atoms with Gasteiger partial charge in [0, 0.05) is 13.3 Å². The molecular weight excluding hydrogens is 188 g/mol. The van der Waals surface area contributed by atoms with Crippen LogP contribution in [0.1, 0.15) is 45.4 Å². The summed E-state index contributed by atoms with van der Waals surface area (Å²) in [6, 6.07) is 0. The number of carbonyl (C=O) groups is 1. The third-order valence-corrected chi connectivity index (χ3v) is 3.27. The molecule has 2 aliphatic rings. The molecule has 0 aromatic carbocycles. The maximum absolute atomic E-state index is 10.9. The smallest absolute Gasteiger partial charge is 0.307 e. The number of hydrogen-bond donors (Lipinski definition) is 0. The van der Waals surface area contributed by atoms with E-state index in [1.165, 1.54) is 19.8 Å². The molecule has 0 aliphatic heterocycles. The number of ether oxygens (including phenoxy) is 1. The summed E-state index contributed by atoms with van der Waals surface area (Å²) in [5.41, 5.74) is 1.63. The van der Waals surface area contributed by atoms with Gasteiger partial charge in [-0.15, -0.1) is 0 Å². The molecule has 0 heterocycles. The van der Waals surface area contributed by atoms with Crippen LogP contribution in [0.4, 0.5) is 0 Å². The molecule has 82 valence electrons. The van der Waals surface area contributed by atoms with E-state index in [9.17, 15) is 4.79 Å². The van der Waals surface area contributed by atoms with Gasteiger partial charge in [-0.3, -0.25) is 4.79 Å². The lowest BCUT2D eigenvalue weighted by molar-refractivity contribution is -0.137. The van der Waals surface area contributed by atoms with E-state index in [2.05, 4.69) is 12.2 Å². The van der Waals surface area contributed by atoms with Gasteiger partial charge in [-0.2, -0.15) is 0 Å². The predicted octanol–water partition coefficient (Wildman–Crippen LogP) is 3.34. The zero-order chi connectivity index (χ0) is 10.7. The van der Waals surface area contributed by atoms with Crippen LogP contribution < -0.4 is 0 Å². The number of fused-ring (bicyclic) bond motifs is 1. The van der Waals surface area contributed by atoms with Crippen molar-refractivity contribution in [3.8, 4) is 0 Å². The summed E-state index contributed by atoms with van der Waals surface area (Å²) in [5.74, 6) is 1.45. The summed E-state index contributed by atoms with van der Waals surface area (Å²) in [6.45, 7) is 1.47. The number of rotatable bonds is 1. The van der Waals surface area contributed by atoms with Crippen LogP contribution >= 0.6 is 0 Å². The van der Waals surface area contributed by atoms with E-state index < -0.39 is 0 Å². The minimum atomic E-state index is -0.191. The third-order valence-electron chi connectivity index (χ3n) is 3.27. The van der Waals surface area contributed by atoms with Gasteiger partial charge in [0.15, 0.2) is 0 Å². The zero-order valence-corrected chi connectivity index (χ0v) is 9.29. The maximum atomic E-state index is 10.9. The maximum Gasteiger partial charge on any atom is 0.307 e. The van der Waals surface area contributed by atoms with Crippen LogP contribution in [-0.2, 0) is 9.53 Å². The van der Waals surface area contributed by atoms with Crippen molar-refractivity contribution in [2.45, 2.75) is 45.4 Å². The molecule has 0 fully saturated rings. The standard InChI is InChI=1S/C13H18O2/c1-10(14)15-13-7-3-6-11-4-2-5-12(11)8-9-13/h4,7,12H,2-3,5-6,8-9H2,1H3/b13-7+. The highest BCUT2D eigenvalue weighted by Gasteiger charge is 2.21. The molecule has 2 aliphatic carbocycles. The lowest BCUT2D eigenvalue weighted by Crippen LogP contribution is -2.06. The van der Waals surface area contributed by atoms with E-state index in [0.29, 0.717) is 0 Å². The SMILES string of the molecule is CC(=O)O/C1=C/CCC2=CCCC2CC1. The van der Waals surface area contributed by atoms with Gasteiger partial charge < -0.3 is 4.74 Å². The van der Waals surface area contributed by atoms with E-state index in [4.69, 9.17) is 4.74 Å². The van der Waals surface area contributed by atoms with Crippen molar-refractivity contribution in [3.05, 3.63) is 23.5 Å². The van der Waals surface area contributed by atoms with Crippen LogP contribution in [0.3, 0.4) is 0 Å². The molecule has 0 radical (unpaired) electrons. The minimum absolute atomic E-state index is 0.191. The molecule has 2 nitrogen and oxygen atoms in total. The van der Waals surface area contributed by atoms with E-state index in [-0.39, 0.29) is 5.97 Å². The van der Waals surface area contributed by atoms with Crippen molar-refractivity contribution in [2.75, 3.05) is 0 Å². The molecule has 0 amide bonds. The fourth-order valence-corrected chi connectivity index (χ4v) is 2.55. The molecule has 0 saturated heterocycles. The molecule has 1 atom stereocenters. The van der Waals surface area contributed by atoms with Gasteiger partial charge in [0.1, 0.15) is 5.76 Å². The molecule has 2 heteroatoms. The molecule has 0 N–H and O–H groups in total. The second kappa shape index (κ2) is 4.65. The van der Waals surface area contributed by atoms with Gasteiger partial charge in [-0.25, -0.2) is 0 Å². The van der Waals surface area contributed by atoms with E-state index in [1.54, 1.807) is 5.57 Å². The Morgan fingerprint density at radius 2 is 2.13 bits per heavy atom. The van der Waals surface area contributed by atoms with E-state index in [1.807, 2.05) is 0 Å². The van der Waals surface area contributed by atoms with Gasteiger partial charge in [0.25, 0.3) is 0 Å². The van der Waals surface area contributed by atoms with Crippen molar-refractivity contribution in [3.63, 3.8) is 0 Å². The van der Waals surface area contributed by atoms with Crippen LogP contribution in [0.2, 0.25) is 0 Å². The molecule has 0 aromatic rings. The van der Waals surface area contributed by atoms with Gasteiger partial charge >= 0.3 is 5.97 Å². The Labute approximate surface area is 91.0 Å². The van der Waals surface area contributed by atoms with Gasteiger partial charge in [0.05, 0.1) is 0 Å². The van der Waals surface area contributed by atoms with Crippen molar-refractivity contribution < 1.29 is 9.53 Å². The van der Waals surface area contributed by atoms with E-state index >= 15 is 0 Å². The molecule has 15 heavy (non-hydrogen) atoms. The summed E-state index contributed by atoms with van der Waals surface area (Å²) >= 11 is 0. The summed E-state index contributed by atoms with van der Waals surface area (Å²) in [7, 11) is 0. The summed E-state index contributed by atoms with van der Waals surface area (Å²) in [6.07, 6.45) is 11.2. The first-order valence-electron chi connectivity index (χ1n) is 5.82. The second-order valence-corrected chi connectivity index (χ2v) is 4.39. The van der Waals surface area contributed by atoms with Crippen LogP contribution in [0, 0.1) is 5.92 Å². The topological polar surface area (TPSA) is 26.3 Å². The summed E-state index contributed by atoms with van der Waals surface area (Å²) in [5, 5.41) is 0. The van der Waals surface area contributed by atoms with Crippen molar-refractivity contribution >= 4 is 5.97 Å². The van der Waals surface area contributed by atoms with Gasteiger partial charge in [0.2, 0.25) is 0 Å². The first-order valence-corrected chi connectivity index (χ1v) is 5.82. The van der Waals surface area contributed by atoms with Crippen molar-refractivity contribution in [1.29, 1.82) is 0 Å². The summed E-state index contributed by atoms with van der Waals surface area (Å²) < 4.78 is 5.18. The van der Waals surface area contributed by atoms with Crippen LogP contribution in [0.25, 0.3) is 0 Å². The second-order valence-electron chi connectivity index (χ2n) is 4.39. The Bertz CT molecular complexity index is 312. The quantitative estimate of drug-likeness (QED) is 0.486. The fourth-order valence-electron chi connectivity index (χ4n) is 2.55. The summed E-state index contributed by atoms with van der Waals surface area (Å²) in [4.78, 5) is 10.9. The number of hydrogen-bond acceptors (Lipinski definition) is 2. The predicted molar refractivity (Wildman–Crippen MR) is 59.1 cm³/mol. The highest BCUT2D eigenvalue weighted by atomic mass is 16.5. The highest BCUT2D eigenvalue weighted by molar-refractivity contribution is 5.67. The van der Waals surface area contributed by atoms with Crippen LogP contribution in [0.5, 0.6) is 0 Å². The zero-order valence-electron chi connectivity index (χ0n) is 9.29. The molecule has 0 bridgehead atoms. The van der Waals surface area contributed by atoms with Crippen LogP contribution in [-0.4, -0.2) is 5.97 Å². The van der Waals surface area contributed by atoms with E-state index in [0.717, 1.165) is 37.4 Å². The molecular formula is C13H18O2. The number of carbonyl (C=O) groups excluding carboxylic acids is 1. The molecule has 1 unspecified atom stereocenters. The largest absolute Gasteiger partial charge is 0.432 e. The van der Waals surface area contributed by atoms with Gasteiger partial charge in [-0.1, -0.05) is 11.6 Å². The van der Waals surface area contributed by atoms with Crippen molar-refractivity contribution in [1.82, 2.24) is 0 Å². The lowest BCUT2D eigenvalue weighted by atomic mass is 9.90. The van der Waals surface area contributed by atoms with Gasteiger partial charge in [-0.05, 0) is 44.1 Å². The highest BCUT2D eigenvalue weighted by Crippen LogP contribution is 2.35. The fraction of sp³-hybridized carbons (Fsp3) is 0.615. The Balaban J connectivity index is 1.98. The minimum Gasteiger partial charge on any atom is -0.432 e. The number of allylic oxidation sites excluding steroid dienone is 4. The number of esters is 1. The first kappa shape index (κ1) is 10.5. The Kier molecular flexibility index (Phi) is 3.24. The average Bonchev–Trinajstić information content (AvgIpc) is 2.56. The average molecular weight is 206 g/mol. The van der Waals surface area contributed by atoms with Crippen LogP contribution in [0.15, 0.2) is 23.5 Å². The molecule has 0 spiro atoms. The first-order chi connectivity index (χ1) is 7.25. The third kappa shape index (κ3) is 2.71. The Morgan fingerprint density at radius 1 is 1.27 bits per heavy atom.